The highest BCUT2D eigenvalue weighted by Gasteiger charge is 2.39. The second-order valence-corrected chi connectivity index (χ2v) is 6.71. The number of hydrazone groups is 1. The Labute approximate surface area is 182 Å². The number of nitrogens with one attached hydrogen (secondary N) is 1. The van der Waals surface area contributed by atoms with Gasteiger partial charge < -0.3 is 14.6 Å². The third kappa shape index (κ3) is 5.10. The van der Waals surface area contributed by atoms with E-state index in [1.165, 1.54) is 6.21 Å². The van der Waals surface area contributed by atoms with Gasteiger partial charge in [0.25, 0.3) is 5.91 Å². The van der Waals surface area contributed by atoms with Crippen molar-refractivity contribution in [2.45, 2.75) is 19.4 Å². The molecule has 0 atom stereocenters. The maximum Gasteiger partial charge on any atom is 0.281 e. The van der Waals surface area contributed by atoms with Gasteiger partial charge in [0.2, 0.25) is 0 Å². The van der Waals surface area contributed by atoms with Crippen molar-refractivity contribution >= 4 is 12.1 Å². The molecule has 0 aliphatic heterocycles. The van der Waals surface area contributed by atoms with Crippen LogP contribution in [-0.4, -0.2) is 30.4 Å². The molecule has 31 heavy (non-hydrogen) atoms. The average Bonchev–Trinajstić information content (AvgIpc) is 2.81. The molecule has 0 aromatic heterocycles. The zero-order valence-corrected chi connectivity index (χ0v) is 17.6. The summed E-state index contributed by atoms with van der Waals surface area (Å²) >= 11 is 0. The number of amides is 1. The van der Waals surface area contributed by atoms with Crippen LogP contribution in [0.2, 0.25) is 0 Å². The Morgan fingerprint density at radius 1 is 0.903 bits per heavy atom. The first kappa shape index (κ1) is 22.1. The van der Waals surface area contributed by atoms with E-state index in [4.69, 9.17) is 9.47 Å². The minimum Gasteiger partial charge on any atom is -0.490 e. The largest absolute Gasteiger partial charge is 0.490 e. The number of ether oxygens (including phenoxy) is 2. The van der Waals surface area contributed by atoms with Crippen LogP contribution < -0.4 is 14.9 Å². The molecule has 0 heterocycles. The summed E-state index contributed by atoms with van der Waals surface area (Å²) in [5.74, 6) is 0.592. The number of nitrogens with zero attached hydrogens (tertiary/aromatic N) is 1. The smallest absolute Gasteiger partial charge is 0.281 e. The summed E-state index contributed by atoms with van der Waals surface area (Å²) < 4.78 is 11.2. The lowest BCUT2D eigenvalue weighted by atomic mass is 9.85. The number of rotatable bonds is 9. The van der Waals surface area contributed by atoms with Crippen molar-refractivity contribution in [3.05, 3.63) is 95.6 Å². The lowest BCUT2D eigenvalue weighted by Gasteiger charge is -2.27. The monoisotopic (exact) mass is 418 g/mol. The summed E-state index contributed by atoms with van der Waals surface area (Å²) in [5.41, 5.74) is 2.21. The third-order valence-electron chi connectivity index (χ3n) is 4.66. The third-order valence-corrected chi connectivity index (χ3v) is 4.66. The summed E-state index contributed by atoms with van der Waals surface area (Å²) in [6.07, 6.45) is 1.49. The molecule has 0 aliphatic carbocycles. The Morgan fingerprint density at radius 2 is 1.45 bits per heavy atom. The van der Waals surface area contributed by atoms with Crippen LogP contribution in [0, 0.1) is 0 Å². The van der Waals surface area contributed by atoms with Crippen LogP contribution >= 0.6 is 0 Å². The summed E-state index contributed by atoms with van der Waals surface area (Å²) in [7, 11) is 0. The van der Waals surface area contributed by atoms with Gasteiger partial charge in [-0.2, -0.15) is 5.10 Å². The molecule has 0 saturated carbocycles. The summed E-state index contributed by atoms with van der Waals surface area (Å²) in [6, 6.07) is 23.0. The fraction of sp³-hybridized carbons (Fsp3) is 0.200. The molecule has 0 saturated heterocycles. The fourth-order valence-electron chi connectivity index (χ4n) is 3.18. The maximum atomic E-state index is 13.0. The number of hydrogen-bond donors (Lipinski definition) is 2. The minimum absolute atomic E-state index is 0.452. The van der Waals surface area contributed by atoms with E-state index in [0.717, 1.165) is 5.56 Å². The Morgan fingerprint density at radius 3 is 2.00 bits per heavy atom. The predicted molar refractivity (Wildman–Crippen MR) is 120 cm³/mol. The number of aliphatic hydroxyl groups is 1. The normalized spacial score (nSPS) is 11.3. The fourth-order valence-corrected chi connectivity index (χ4v) is 3.18. The Balaban J connectivity index is 1.83. The van der Waals surface area contributed by atoms with E-state index in [1.807, 2.05) is 32.0 Å². The second kappa shape index (κ2) is 10.4. The summed E-state index contributed by atoms with van der Waals surface area (Å²) in [4.78, 5) is 13.0. The number of hydrogen-bond acceptors (Lipinski definition) is 5. The van der Waals surface area contributed by atoms with Gasteiger partial charge in [0, 0.05) is 0 Å². The Kier molecular flexibility index (Phi) is 7.40. The van der Waals surface area contributed by atoms with Gasteiger partial charge in [0.05, 0.1) is 19.4 Å². The van der Waals surface area contributed by atoms with Crippen LogP contribution in [-0.2, 0) is 10.4 Å². The van der Waals surface area contributed by atoms with Crippen molar-refractivity contribution < 1.29 is 19.4 Å². The average molecular weight is 418 g/mol. The molecule has 0 radical (unpaired) electrons. The van der Waals surface area contributed by atoms with Gasteiger partial charge in [-0.1, -0.05) is 60.7 Å². The maximum absolute atomic E-state index is 13.0. The molecule has 0 aliphatic rings. The van der Waals surface area contributed by atoms with E-state index >= 15 is 0 Å². The molecule has 6 heteroatoms. The SMILES string of the molecule is CCOc1ccc(/C=N\NC(=O)C(O)(c2ccccc2)c2ccccc2)cc1OCC. The molecule has 0 bridgehead atoms. The van der Waals surface area contributed by atoms with Crippen molar-refractivity contribution in [3.8, 4) is 11.5 Å². The first-order valence-corrected chi connectivity index (χ1v) is 10.2. The lowest BCUT2D eigenvalue weighted by Crippen LogP contribution is -2.43. The first-order chi connectivity index (χ1) is 15.1. The molecule has 1 amide bonds. The van der Waals surface area contributed by atoms with Gasteiger partial charge in [-0.05, 0) is 48.7 Å². The van der Waals surface area contributed by atoms with E-state index in [2.05, 4.69) is 10.5 Å². The quantitative estimate of drug-likeness (QED) is 0.408. The van der Waals surface area contributed by atoms with Gasteiger partial charge in [0.15, 0.2) is 17.1 Å². The molecule has 0 spiro atoms. The standard InChI is InChI=1S/C25H26N2O4/c1-3-30-22-16-15-19(17-23(22)31-4-2)18-26-27-24(28)25(29,20-11-7-5-8-12-20)21-13-9-6-10-14-21/h5-18,29H,3-4H2,1-2H3,(H,27,28)/b26-18-. The highest BCUT2D eigenvalue weighted by Crippen LogP contribution is 2.30. The van der Waals surface area contributed by atoms with Crippen LogP contribution in [0.4, 0.5) is 0 Å². The lowest BCUT2D eigenvalue weighted by molar-refractivity contribution is -0.136. The number of carbonyl (C=O) groups is 1. The Hall–Kier alpha value is -3.64. The van der Waals surface area contributed by atoms with Crippen molar-refractivity contribution in [2.75, 3.05) is 13.2 Å². The van der Waals surface area contributed by atoms with E-state index in [1.54, 1.807) is 60.7 Å². The van der Waals surface area contributed by atoms with Crippen molar-refractivity contribution in [3.63, 3.8) is 0 Å². The van der Waals surface area contributed by atoms with E-state index in [9.17, 15) is 9.90 Å². The molecule has 3 aromatic carbocycles. The van der Waals surface area contributed by atoms with Crippen LogP contribution in [0.15, 0.2) is 84.0 Å². The minimum atomic E-state index is -1.88. The van der Waals surface area contributed by atoms with Crippen LogP contribution in [0.5, 0.6) is 11.5 Å². The highest BCUT2D eigenvalue weighted by molar-refractivity contribution is 5.91. The summed E-state index contributed by atoms with van der Waals surface area (Å²) in [5, 5.41) is 15.5. The zero-order valence-electron chi connectivity index (χ0n) is 17.6. The topological polar surface area (TPSA) is 80.2 Å². The predicted octanol–water partition coefficient (Wildman–Crippen LogP) is 3.87. The van der Waals surface area contributed by atoms with Crippen LogP contribution in [0.25, 0.3) is 0 Å². The first-order valence-electron chi connectivity index (χ1n) is 10.2. The van der Waals surface area contributed by atoms with Crippen LogP contribution in [0.1, 0.15) is 30.5 Å². The molecule has 160 valence electrons. The Bertz CT molecular complexity index is 981. The van der Waals surface area contributed by atoms with Crippen molar-refractivity contribution in [1.29, 1.82) is 0 Å². The summed E-state index contributed by atoms with van der Waals surface area (Å²) in [6.45, 7) is 4.83. The second-order valence-electron chi connectivity index (χ2n) is 6.71. The van der Waals surface area contributed by atoms with Gasteiger partial charge in [-0.15, -0.1) is 0 Å². The molecule has 6 nitrogen and oxygen atoms in total. The highest BCUT2D eigenvalue weighted by atomic mass is 16.5. The molecule has 2 N–H and O–H groups in total. The van der Waals surface area contributed by atoms with Crippen molar-refractivity contribution in [1.82, 2.24) is 5.43 Å². The van der Waals surface area contributed by atoms with Crippen LogP contribution in [0.3, 0.4) is 0 Å². The number of benzene rings is 3. The number of carbonyl (C=O) groups excluding carboxylic acids is 1. The zero-order chi connectivity index (χ0) is 22.1. The molecule has 3 aromatic rings. The van der Waals surface area contributed by atoms with E-state index in [0.29, 0.717) is 35.8 Å². The molecular formula is C25H26N2O4. The molecule has 0 fully saturated rings. The van der Waals surface area contributed by atoms with Gasteiger partial charge in [-0.3, -0.25) is 4.79 Å². The van der Waals surface area contributed by atoms with Crippen molar-refractivity contribution in [2.24, 2.45) is 5.10 Å². The molecule has 3 rings (SSSR count). The van der Waals surface area contributed by atoms with Gasteiger partial charge >= 0.3 is 0 Å². The molecular weight excluding hydrogens is 392 g/mol. The van der Waals surface area contributed by atoms with E-state index < -0.39 is 11.5 Å². The van der Waals surface area contributed by atoms with Gasteiger partial charge in [-0.25, -0.2) is 5.43 Å². The van der Waals surface area contributed by atoms with Gasteiger partial charge in [0.1, 0.15) is 0 Å². The molecule has 0 unspecified atom stereocenters. The van der Waals surface area contributed by atoms with E-state index in [-0.39, 0.29) is 0 Å².